The molecule has 2 rings (SSSR count). The number of anilines is 2. The zero-order valence-corrected chi connectivity index (χ0v) is 13.3. The van der Waals surface area contributed by atoms with Gasteiger partial charge in [-0.25, -0.2) is 9.97 Å². The first kappa shape index (κ1) is 15.4. The van der Waals surface area contributed by atoms with Crippen molar-refractivity contribution in [3.8, 4) is 0 Å². The Morgan fingerprint density at radius 1 is 1.05 bits per heavy atom. The van der Waals surface area contributed by atoms with Crippen molar-refractivity contribution in [2.45, 2.75) is 33.7 Å². The summed E-state index contributed by atoms with van der Waals surface area (Å²) in [5.74, 6) is 0.722. The molecule has 1 N–H and O–H groups in total. The minimum absolute atomic E-state index is 0.722. The van der Waals surface area contributed by atoms with Crippen molar-refractivity contribution >= 4 is 11.6 Å². The largest absolute Gasteiger partial charge is 0.314 e. The number of hydrogen-bond donors (Lipinski definition) is 1. The second-order valence-corrected chi connectivity index (χ2v) is 5.47. The lowest BCUT2D eigenvalue weighted by Gasteiger charge is -2.18. The van der Waals surface area contributed by atoms with Crippen LogP contribution >= 0.6 is 0 Å². The number of nitrogens with one attached hydrogen (secondary N) is 1. The first-order valence-electron chi connectivity index (χ1n) is 7.44. The van der Waals surface area contributed by atoms with Gasteiger partial charge < -0.3 is 10.2 Å². The van der Waals surface area contributed by atoms with Gasteiger partial charge in [0.2, 0.25) is 5.95 Å². The SMILES string of the molecule is CCCNCc1cnc(N(C)c2cc(C)cc(C)c2)nc1. The minimum atomic E-state index is 0.722. The lowest BCUT2D eigenvalue weighted by Crippen LogP contribution is -2.16. The van der Waals surface area contributed by atoms with Crippen LogP contribution in [0.1, 0.15) is 30.0 Å². The van der Waals surface area contributed by atoms with Gasteiger partial charge in [0, 0.05) is 37.2 Å². The smallest absolute Gasteiger partial charge is 0.229 e. The maximum absolute atomic E-state index is 4.47. The number of benzene rings is 1. The molecule has 0 unspecified atom stereocenters. The van der Waals surface area contributed by atoms with Crippen LogP contribution in [0.4, 0.5) is 11.6 Å². The van der Waals surface area contributed by atoms with Crippen molar-refractivity contribution in [1.82, 2.24) is 15.3 Å². The quantitative estimate of drug-likeness (QED) is 0.826. The Morgan fingerprint density at radius 2 is 1.67 bits per heavy atom. The van der Waals surface area contributed by atoms with Crippen molar-refractivity contribution in [2.75, 3.05) is 18.5 Å². The molecule has 0 spiro atoms. The van der Waals surface area contributed by atoms with Crippen LogP contribution in [0, 0.1) is 13.8 Å². The number of rotatable bonds is 6. The van der Waals surface area contributed by atoms with E-state index in [1.54, 1.807) is 0 Å². The maximum atomic E-state index is 4.47. The fourth-order valence-electron chi connectivity index (χ4n) is 2.28. The summed E-state index contributed by atoms with van der Waals surface area (Å²) in [7, 11) is 2.00. The maximum Gasteiger partial charge on any atom is 0.229 e. The van der Waals surface area contributed by atoms with Gasteiger partial charge in [0.05, 0.1) is 0 Å². The lowest BCUT2D eigenvalue weighted by atomic mass is 10.1. The van der Waals surface area contributed by atoms with Gasteiger partial charge in [-0.15, -0.1) is 0 Å². The monoisotopic (exact) mass is 284 g/mol. The fourth-order valence-corrected chi connectivity index (χ4v) is 2.28. The van der Waals surface area contributed by atoms with Gasteiger partial charge in [-0.2, -0.15) is 0 Å². The summed E-state index contributed by atoms with van der Waals surface area (Å²) in [6.45, 7) is 8.21. The van der Waals surface area contributed by atoms with E-state index in [1.165, 1.54) is 11.1 Å². The molecule has 1 aromatic carbocycles. The number of aryl methyl sites for hydroxylation is 2. The molecule has 4 heteroatoms. The number of hydrogen-bond acceptors (Lipinski definition) is 4. The Morgan fingerprint density at radius 3 is 2.24 bits per heavy atom. The molecule has 112 valence electrons. The third-order valence-electron chi connectivity index (χ3n) is 3.34. The average molecular weight is 284 g/mol. The first-order valence-corrected chi connectivity index (χ1v) is 7.44. The van der Waals surface area contributed by atoms with Crippen molar-refractivity contribution < 1.29 is 0 Å². The molecular formula is C17H24N4. The summed E-state index contributed by atoms with van der Waals surface area (Å²) < 4.78 is 0. The second-order valence-electron chi connectivity index (χ2n) is 5.47. The van der Waals surface area contributed by atoms with E-state index >= 15 is 0 Å². The summed E-state index contributed by atoms with van der Waals surface area (Å²) in [4.78, 5) is 11.0. The van der Waals surface area contributed by atoms with Gasteiger partial charge in [-0.1, -0.05) is 13.0 Å². The molecule has 0 radical (unpaired) electrons. The predicted molar refractivity (Wildman–Crippen MR) is 88.0 cm³/mol. The molecule has 0 amide bonds. The molecule has 0 fully saturated rings. The number of nitrogens with zero attached hydrogens (tertiary/aromatic N) is 3. The van der Waals surface area contributed by atoms with Crippen molar-refractivity contribution in [1.29, 1.82) is 0 Å². The van der Waals surface area contributed by atoms with Crippen LogP contribution in [0.5, 0.6) is 0 Å². The Hall–Kier alpha value is -1.94. The highest BCUT2D eigenvalue weighted by atomic mass is 15.2. The van der Waals surface area contributed by atoms with Gasteiger partial charge in [0.15, 0.2) is 0 Å². The van der Waals surface area contributed by atoms with E-state index in [0.717, 1.165) is 36.7 Å². The van der Waals surface area contributed by atoms with Crippen LogP contribution in [-0.2, 0) is 6.54 Å². The van der Waals surface area contributed by atoms with E-state index in [4.69, 9.17) is 0 Å². The van der Waals surface area contributed by atoms with E-state index in [-0.39, 0.29) is 0 Å². The van der Waals surface area contributed by atoms with Crippen LogP contribution in [0.3, 0.4) is 0 Å². The Kier molecular flexibility index (Phi) is 5.28. The Balaban J connectivity index is 2.10. The summed E-state index contributed by atoms with van der Waals surface area (Å²) in [5.41, 5.74) is 4.72. The molecule has 4 nitrogen and oxygen atoms in total. The molecule has 0 saturated carbocycles. The van der Waals surface area contributed by atoms with Crippen LogP contribution in [-0.4, -0.2) is 23.6 Å². The molecular weight excluding hydrogens is 260 g/mol. The first-order chi connectivity index (χ1) is 10.1. The van der Waals surface area contributed by atoms with Gasteiger partial charge in [0.1, 0.15) is 0 Å². The van der Waals surface area contributed by atoms with Crippen molar-refractivity contribution in [3.05, 3.63) is 47.3 Å². The highest BCUT2D eigenvalue weighted by Gasteiger charge is 2.08. The molecule has 0 bridgehead atoms. The minimum Gasteiger partial charge on any atom is -0.314 e. The van der Waals surface area contributed by atoms with E-state index in [2.05, 4.69) is 54.3 Å². The topological polar surface area (TPSA) is 41.1 Å². The molecule has 0 atom stereocenters. The van der Waals surface area contributed by atoms with Crippen LogP contribution < -0.4 is 10.2 Å². The van der Waals surface area contributed by atoms with E-state index in [1.807, 2.05) is 24.3 Å². The van der Waals surface area contributed by atoms with Crippen LogP contribution in [0.25, 0.3) is 0 Å². The molecule has 2 aromatic rings. The highest BCUT2D eigenvalue weighted by Crippen LogP contribution is 2.22. The zero-order chi connectivity index (χ0) is 15.2. The summed E-state index contributed by atoms with van der Waals surface area (Å²) in [6.07, 6.45) is 4.92. The van der Waals surface area contributed by atoms with Gasteiger partial charge >= 0.3 is 0 Å². The normalized spacial score (nSPS) is 10.7. The van der Waals surface area contributed by atoms with Crippen LogP contribution in [0.15, 0.2) is 30.6 Å². The van der Waals surface area contributed by atoms with E-state index in [9.17, 15) is 0 Å². The summed E-state index contributed by atoms with van der Waals surface area (Å²) in [5, 5.41) is 3.35. The second kappa shape index (κ2) is 7.18. The number of aromatic nitrogens is 2. The highest BCUT2D eigenvalue weighted by molar-refractivity contribution is 5.58. The molecule has 21 heavy (non-hydrogen) atoms. The average Bonchev–Trinajstić information content (AvgIpc) is 2.46. The molecule has 1 heterocycles. The van der Waals surface area contributed by atoms with Crippen LogP contribution in [0.2, 0.25) is 0 Å². The van der Waals surface area contributed by atoms with Gasteiger partial charge in [0.25, 0.3) is 0 Å². The molecule has 0 aliphatic rings. The van der Waals surface area contributed by atoms with Crippen molar-refractivity contribution in [2.24, 2.45) is 0 Å². The van der Waals surface area contributed by atoms with E-state index < -0.39 is 0 Å². The third-order valence-corrected chi connectivity index (χ3v) is 3.34. The van der Waals surface area contributed by atoms with Gasteiger partial charge in [-0.05, 0) is 50.1 Å². The predicted octanol–water partition coefficient (Wildman–Crippen LogP) is 3.36. The summed E-state index contributed by atoms with van der Waals surface area (Å²) >= 11 is 0. The summed E-state index contributed by atoms with van der Waals surface area (Å²) in [6, 6.07) is 6.46. The Bertz CT molecular complexity index is 558. The Labute approximate surface area is 127 Å². The van der Waals surface area contributed by atoms with Crippen molar-refractivity contribution in [3.63, 3.8) is 0 Å². The third kappa shape index (κ3) is 4.26. The standard InChI is InChI=1S/C17H24N4/c1-5-6-18-10-15-11-19-17(20-12-15)21(4)16-8-13(2)7-14(3)9-16/h7-9,11-12,18H,5-6,10H2,1-4H3. The molecule has 0 saturated heterocycles. The van der Waals surface area contributed by atoms with E-state index in [0.29, 0.717) is 0 Å². The molecule has 0 aliphatic carbocycles. The zero-order valence-electron chi connectivity index (χ0n) is 13.3. The lowest BCUT2D eigenvalue weighted by molar-refractivity contribution is 0.672. The fraction of sp³-hybridized carbons (Fsp3) is 0.412. The molecule has 0 aliphatic heterocycles. The molecule has 1 aromatic heterocycles. The van der Waals surface area contributed by atoms with Gasteiger partial charge in [-0.3, -0.25) is 0 Å².